The number of hydrogen-bond acceptors (Lipinski definition) is 5. The van der Waals surface area contributed by atoms with Crippen LogP contribution in [-0.4, -0.2) is 38.1 Å². The molecule has 0 radical (unpaired) electrons. The van der Waals surface area contributed by atoms with Gasteiger partial charge in [0.05, 0.1) is 0 Å². The second-order valence-corrected chi connectivity index (χ2v) is 6.45. The molecule has 1 aromatic carbocycles. The first-order chi connectivity index (χ1) is 13.3. The number of aromatic nitrogens is 3. The van der Waals surface area contributed by atoms with E-state index in [4.69, 9.17) is 5.11 Å². The van der Waals surface area contributed by atoms with Crippen LogP contribution in [0.25, 0.3) is 5.65 Å². The fourth-order valence-corrected chi connectivity index (χ4v) is 3.40. The van der Waals surface area contributed by atoms with E-state index in [1.165, 1.54) is 10.8 Å². The number of rotatable bonds is 6. The van der Waals surface area contributed by atoms with Crippen LogP contribution in [0.2, 0.25) is 0 Å². The maximum atomic E-state index is 13.8. The number of carboxylic acids is 1. The van der Waals surface area contributed by atoms with Gasteiger partial charge in [-0.25, -0.2) is 22.7 Å². The van der Waals surface area contributed by atoms with Gasteiger partial charge in [0, 0.05) is 17.4 Å². The van der Waals surface area contributed by atoms with E-state index in [9.17, 15) is 27.6 Å². The summed E-state index contributed by atoms with van der Waals surface area (Å²) < 4.78 is 42.1. The average molecular weight is 412 g/mol. The predicted molar refractivity (Wildman–Crippen MR) is 91.7 cm³/mol. The Morgan fingerprint density at radius 1 is 1.25 bits per heavy atom. The zero-order valence-corrected chi connectivity index (χ0v) is 14.6. The van der Waals surface area contributed by atoms with E-state index in [1.54, 1.807) is 0 Å². The first kappa shape index (κ1) is 19.5. The molecule has 0 spiro atoms. The van der Waals surface area contributed by atoms with Crippen molar-refractivity contribution in [3.63, 3.8) is 0 Å². The number of pyridine rings is 1. The number of carbonyl (C=O) groups excluding carboxylic acids is 1. The maximum Gasteiger partial charge on any atom is 0.322 e. The molecule has 0 aliphatic heterocycles. The quantitative estimate of drug-likeness (QED) is 0.418. The third-order valence-electron chi connectivity index (χ3n) is 3.66. The van der Waals surface area contributed by atoms with Crippen molar-refractivity contribution < 1.29 is 27.9 Å². The van der Waals surface area contributed by atoms with Gasteiger partial charge in [0.1, 0.15) is 29.3 Å². The van der Waals surface area contributed by atoms with Gasteiger partial charge in [-0.05, 0) is 12.1 Å². The number of H-pyrrole nitrogens is 1. The zero-order chi connectivity index (χ0) is 20.4. The minimum Gasteiger partial charge on any atom is -0.480 e. The van der Waals surface area contributed by atoms with Gasteiger partial charge in [0.15, 0.2) is 22.7 Å². The van der Waals surface area contributed by atoms with E-state index in [1.807, 2.05) is 0 Å². The zero-order valence-electron chi connectivity index (χ0n) is 13.8. The minimum absolute atomic E-state index is 0.0990. The summed E-state index contributed by atoms with van der Waals surface area (Å²) in [7, 11) is 0. The Morgan fingerprint density at radius 2 is 1.96 bits per heavy atom. The second-order valence-electron chi connectivity index (χ2n) is 5.45. The largest absolute Gasteiger partial charge is 0.480 e. The number of thioether (sulfide) groups is 1. The fourth-order valence-electron chi connectivity index (χ4n) is 2.38. The van der Waals surface area contributed by atoms with Crippen LogP contribution in [0.3, 0.4) is 0 Å². The molecular formula is C16H11F3N4O4S. The van der Waals surface area contributed by atoms with E-state index in [0.717, 1.165) is 23.9 Å². The predicted octanol–water partition coefficient (Wildman–Crippen LogP) is 1.55. The van der Waals surface area contributed by atoms with Crippen LogP contribution in [0.5, 0.6) is 0 Å². The standard InChI is InChI=1S/C16H11F3N4O4S/c17-8-1-2-9(18)14(19)7(8)5-28-11-3-10(24)13(15-21-6-22-23(11)15)16(27)20-4-12(25)26/h1-3,6H,4-5H2,(H,20,27)(H,21,22)(H,25,26). The average Bonchev–Trinajstić information content (AvgIpc) is 3.12. The van der Waals surface area contributed by atoms with Crippen molar-refractivity contribution in [3.05, 3.63) is 63.3 Å². The number of aliphatic carboxylic acids is 1. The highest BCUT2D eigenvalue weighted by Crippen LogP contribution is 2.26. The number of hydrogen-bond donors (Lipinski definition) is 3. The molecule has 0 aliphatic carbocycles. The number of nitrogens with one attached hydrogen (secondary N) is 2. The molecule has 0 aliphatic rings. The van der Waals surface area contributed by atoms with Crippen LogP contribution >= 0.6 is 11.8 Å². The highest BCUT2D eigenvalue weighted by molar-refractivity contribution is 7.98. The minimum atomic E-state index is -1.33. The Labute approximate surface area is 158 Å². The first-order valence-corrected chi connectivity index (χ1v) is 8.62. The number of benzene rings is 1. The Bertz CT molecular complexity index is 1140. The molecule has 0 saturated carbocycles. The van der Waals surface area contributed by atoms with E-state index in [-0.39, 0.29) is 16.4 Å². The molecule has 0 saturated heterocycles. The molecule has 2 heterocycles. The lowest BCUT2D eigenvalue weighted by Crippen LogP contribution is -2.33. The van der Waals surface area contributed by atoms with Crippen LogP contribution in [0.4, 0.5) is 13.2 Å². The third kappa shape index (κ3) is 3.71. The lowest BCUT2D eigenvalue weighted by molar-refractivity contribution is -0.135. The normalized spacial score (nSPS) is 11.0. The highest BCUT2D eigenvalue weighted by atomic mass is 32.2. The molecule has 8 nitrogen and oxygen atoms in total. The van der Waals surface area contributed by atoms with Crippen LogP contribution in [0.15, 0.2) is 34.3 Å². The summed E-state index contributed by atoms with van der Waals surface area (Å²) in [4.78, 5) is 38.9. The number of fused-ring (bicyclic) bond motifs is 1. The van der Waals surface area contributed by atoms with Gasteiger partial charge in [-0.1, -0.05) is 0 Å². The summed E-state index contributed by atoms with van der Waals surface area (Å²) in [6, 6.07) is 2.49. The molecule has 12 heteroatoms. The summed E-state index contributed by atoms with van der Waals surface area (Å²) >= 11 is 0.817. The van der Waals surface area contributed by atoms with E-state index >= 15 is 0 Å². The van der Waals surface area contributed by atoms with Gasteiger partial charge in [-0.15, -0.1) is 11.8 Å². The Morgan fingerprint density at radius 3 is 2.68 bits per heavy atom. The summed E-state index contributed by atoms with van der Waals surface area (Å²) in [6.45, 7) is -0.691. The van der Waals surface area contributed by atoms with Crippen molar-refractivity contribution >= 4 is 29.3 Å². The monoisotopic (exact) mass is 412 g/mol. The molecule has 0 bridgehead atoms. The van der Waals surface area contributed by atoms with Crippen LogP contribution in [0, 0.1) is 17.5 Å². The lowest BCUT2D eigenvalue weighted by Gasteiger charge is -2.09. The smallest absolute Gasteiger partial charge is 0.322 e. The maximum absolute atomic E-state index is 13.8. The highest BCUT2D eigenvalue weighted by Gasteiger charge is 2.21. The topological polar surface area (TPSA) is 117 Å². The number of amides is 1. The molecule has 3 N–H and O–H groups in total. The van der Waals surface area contributed by atoms with Gasteiger partial charge in [-0.2, -0.15) is 0 Å². The van der Waals surface area contributed by atoms with Gasteiger partial charge >= 0.3 is 5.97 Å². The molecule has 3 rings (SSSR count). The summed E-state index contributed by atoms with van der Waals surface area (Å²) in [5.41, 5.74) is -1.76. The summed E-state index contributed by atoms with van der Waals surface area (Å²) in [5.74, 6) is -6.03. The van der Waals surface area contributed by atoms with Gasteiger partial charge in [0.25, 0.3) is 5.91 Å². The van der Waals surface area contributed by atoms with E-state index in [2.05, 4.69) is 15.4 Å². The van der Waals surface area contributed by atoms with Crippen molar-refractivity contribution in [3.8, 4) is 0 Å². The van der Waals surface area contributed by atoms with Crippen molar-refractivity contribution in [2.45, 2.75) is 10.8 Å². The molecule has 1 amide bonds. The molecule has 146 valence electrons. The fraction of sp³-hybridized carbons (Fsp3) is 0.125. The van der Waals surface area contributed by atoms with E-state index in [0.29, 0.717) is 6.07 Å². The Balaban J connectivity index is 1.95. The lowest BCUT2D eigenvalue weighted by atomic mass is 10.2. The summed E-state index contributed by atoms with van der Waals surface area (Å²) in [6.07, 6.45) is 1.18. The van der Waals surface area contributed by atoms with Crippen LogP contribution in [0.1, 0.15) is 15.9 Å². The number of nitrogens with zero attached hydrogens (tertiary/aromatic N) is 2. The molecule has 28 heavy (non-hydrogen) atoms. The molecule has 0 fully saturated rings. The van der Waals surface area contributed by atoms with Crippen molar-refractivity contribution in [1.82, 2.24) is 19.9 Å². The molecule has 2 aromatic heterocycles. The molecule has 3 aromatic rings. The SMILES string of the molecule is O=C(O)CNC(=O)c1c(=O)cc(SCc2c(F)ccc(F)c2F)n2[nH]cnc12. The second kappa shape index (κ2) is 7.76. The van der Waals surface area contributed by atoms with Crippen molar-refractivity contribution in [2.75, 3.05) is 6.54 Å². The van der Waals surface area contributed by atoms with Gasteiger partial charge in [-0.3, -0.25) is 19.5 Å². The number of carbonyl (C=O) groups is 2. The molecule has 0 atom stereocenters. The third-order valence-corrected chi connectivity index (χ3v) is 4.69. The van der Waals surface area contributed by atoms with Gasteiger partial charge in [0.2, 0.25) is 0 Å². The van der Waals surface area contributed by atoms with Crippen LogP contribution < -0.4 is 10.7 Å². The van der Waals surface area contributed by atoms with Crippen LogP contribution in [-0.2, 0) is 10.5 Å². The Hall–Kier alpha value is -3.28. The molecule has 0 unspecified atom stereocenters. The summed E-state index contributed by atoms with van der Waals surface area (Å²) in [5, 5.41) is 13.5. The first-order valence-electron chi connectivity index (χ1n) is 7.64. The van der Waals surface area contributed by atoms with Gasteiger partial charge < -0.3 is 10.4 Å². The number of halogens is 3. The Kier molecular flexibility index (Phi) is 5.40. The molecular weight excluding hydrogens is 401 g/mol. The number of aromatic amines is 1. The van der Waals surface area contributed by atoms with E-state index < -0.39 is 52.4 Å². The number of carboxylic acid groups (broad SMARTS) is 1. The van der Waals surface area contributed by atoms with Crippen molar-refractivity contribution in [1.29, 1.82) is 0 Å². The van der Waals surface area contributed by atoms with Crippen molar-refractivity contribution in [2.24, 2.45) is 0 Å².